The summed E-state index contributed by atoms with van der Waals surface area (Å²) in [6.45, 7) is 1.63. The predicted molar refractivity (Wildman–Crippen MR) is 66.7 cm³/mol. The van der Waals surface area contributed by atoms with Crippen LogP contribution in [0.4, 0.5) is 0 Å². The minimum absolute atomic E-state index is 0.0217. The first-order chi connectivity index (χ1) is 7.61. The molecule has 1 saturated heterocycles. The van der Waals surface area contributed by atoms with Crippen LogP contribution in [0.15, 0.2) is 9.59 Å². The second-order valence-corrected chi connectivity index (χ2v) is 5.49. The summed E-state index contributed by atoms with van der Waals surface area (Å²) in [5.74, 6) is 2.00. The lowest BCUT2D eigenvalue weighted by Gasteiger charge is -2.22. The monoisotopic (exact) mass is 260 g/mol. The van der Waals surface area contributed by atoms with Gasteiger partial charge in [-0.15, -0.1) is 0 Å². The fourth-order valence-electron chi connectivity index (χ4n) is 1.89. The van der Waals surface area contributed by atoms with Crippen molar-refractivity contribution >= 4 is 23.4 Å². The van der Waals surface area contributed by atoms with E-state index in [9.17, 15) is 9.59 Å². The fourth-order valence-corrected chi connectivity index (χ4v) is 3.13. The Balaban J connectivity index is 2.51. The first-order valence-electron chi connectivity index (χ1n) is 5.20. The summed E-state index contributed by atoms with van der Waals surface area (Å²) in [7, 11) is 0. The van der Waals surface area contributed by atoms with E-state index in [1.54, 1.807) is 6.92 Å². The maximum Gasteiger partial charge on any atom is 0.329 e. The van der Waals surface area contributed by atoms with Gasteiger partial charge >= 0.3 is 5.69 Å². The zero-order valence-electron chi connectivity index (χ0n) is 8.96. The Morgan fingerprint density at radius 2 is 2.00 bits per heavy atom. The maximum absolute atomic E-state index is 12.0. The van der Waals surface area contributed by atoms with Crippen molar-refractivity contribution in [3.05, 3.63) is 31.6 Å². The molecule has 0 bridgehead atoms. The van der Waals surface area contributed by atoms with Gasteiger partial charge in [0, 0.05) is 11.6 Å². The third-order valence-electron chi connectivity index (χ3n) is 2.86. The minimum atomic E-state index is -0.391. The van der Waals surface area contributed by atoms with Gasteiger partial charge in [0.2, 0.25) is 0 Å². The van der Waals surface area contributed by atoms with Crippen LogP contribution < -0.4 is 11.2 Å². The van der Waals surface area contributed by atoms with Gasteiger partial charge in [-0.05, 0) is 31.3 Å². The molecular formula is C10H13ClN2O2S. The van der Waals surface area contributed by atoms with E-state index in [1.165, 1.54) is 4.57 Å². The van der Waals surface area contributed by atoms with E-state index < -0.39 is 5.69 Å². The van der Waals surface area contributed by atoms with Crippen LogP contribution in [0.1, 0.15) is 24.4 Å². The predicted octanol–water partition coefficient (Wildman–Crippen LogP) is 1.57. The van der Waals surface area contributed by atoms with E-state index in [0.29, 0.717) is 5.56 Å². The summed E-state index contributed by atoms with van der Waals surface area (Å²) in [6.07, 6.45) is 1.74. The van der Waals surface area contributed by atoms with Crippen molar-refractivity contribution < 1.29 is 0 Å². The zero-order chi connectivity index (χ0) is 11.7. The van der Waals surface area contributed by atoms with Gasteiger partial charge in [-0.2, -0.15) is 11.8 Å². The van der Waals surface area contributed by atoms with Crippen molar-refractivity contribution in [2.75, 3.05) is 11.5 Å². The normalized spacial score (nSPS) is 17.6. The van der Waals surface area contributed by atoms with E-state index in [2.05, 4.69) is 4.98 Å². The number of aromatic amines is 1. The highest BCUT2D eigenvalue weighted by molar-refractivity contribution is 7.99. The van der Waals surface area contributed by atoms with Gasteiger partial charge in [0.1, 0.15) is 5.15 Å². The number of thioether (sulfide) groups is 1. The van der Waals surface area contributed by atoms with Gasteiger partial charge in [-0.1, -0.05) is 11.6 Å². The van der Waals surface area contributed by atoms with Gasteiger partial charge in [-0.3, -0.25) is 14.3 Å². The Labute approximate surface area is 102 Å². The quantitative estimate of drug-likeness (QED) is 0.780. The van der Waals surface area contributed by atoms with Crippen LogP contribution >= 0.6 is 23.4 Å². The molecule has 0 aliphatic carbocycles. The topological polar surface area (TPSA) is 54.9 Å². The van der Waals surface area contributed by atoms with Crippen molar-refractivity contribution in [3.8, 4) is 0 Å². The number of nitrogens with one attached hydrogen (secondary N) is 1. The van der Waals surface area contributed by atoms with Crippen LogP contribution in [0.3, 0.4) is 0 Å². The molecule has 1 aromatic heterocycles. The number of hydrogen-bond acceptors (Lipinski definition) is 3. The molecule has 0 spiro atoms. The number of H-pyrrole nitrogens is 1. The summed E-state index contributed by atoms with van der Waals surface area (Å²) in [6, 6.07) is 0.0217. The molecule has 4 nitrogen and oxygen atoms in total. The third kappa shape index (κ3) is 2.06. The molecule has 16 heavy (non-hydrogen) atoms. The molecule has 0 radical (unpaired) electrons. The molecule has 0 unspecified atom stereocenters. The SMILES string of the molecule is Cc1c(Cl)[nH]c(=O)n(C2CCSCC2)c1=O. The van der Waals surface area contributed by atoms with Gasteiger partial charge < -0.3 is 0 Å². The number of nitrogens with zero attached hydrogens (tertiary/aromatic N) is 1. The lowest BCUT2D eigenvalue weighted by Crippen LogP contribution is -2.40. The van der Waals surface area contributed by atoms with E-state index in [1.807, 2.05) is 11.8 Å². The van der Waals surface area contributed by atoms with Crippen LogP contribution in [0.2, 0.25) is 5.15 Å². The highest BCUT2D eigenvalue weighted by Gasteiger charge is 2.20. The summed E-state index contributed by atoms with van der Waals surface area (Å²) in [5, 5.41) is 0.149. The third-order valence-corrected chi connectivity index (χ3v) is 4.29. The minimum Gasteiger partial charge on any atom is -0.297 e. The highest BCUT2D eigenvalue weighted by Crippen LogP contribution is 2.24. The van der Waals surface area contributed by atoms with Crippen molar-refractivity contribution in [1.29, 1.82) is 0 Å². The number of rotatable bonds is 1. The maximum atomic E-state index is 12.0. The second-order valence-electron chi connectivity index (χ2n) is 3.89. The number of aromatic nitrogens is 2. The smallest absolute Gasteiger partial charge is 0.297 e. The van der Waals surface area contributed by atoms with Crippen LogP contribution in [-0.2, 0) is 0 Å². The van der Waals surface area contributed by atoms with Crippen molar-refractivity contribution in [2.24, 2.45) is 0 Å². The molecule has 88 valence electrons. The molecule has 1 N–H and O–H groups in total. The molecule has 0 aromatic carbocycles. The fraction of sp³-hybridized carbons (Fsp3) is 0.600. The molecule has 1 fully saturated rings. The Bertz CT molecular complexity index is 503. The lowest BCUT2D eigenvalue weighted by molar-refractivity contribution is 0.435. The highest BCUT2D eigenvalue weighted by atomic mass is 35.5. The van der Waals surface area contributed by atoms with Gasteiger partial charge in [-0.25, -0.2) is 4.79 Å². The molecule has 2 rings (SSSR count). The Morgan fingerprint density at radius 3 is 2.62 bits per heavy atom. The van der Waals surface area contributed by atoms with E-state index >= 15 is 0 Å². The first kappa shape index (κ1) is 11.8. The molecule has 0 amide bonds. The summed E-state index contributed by atoms with van der Waals surface area (Å²) >= 11 is 7.62. The van der Waals surface area contributed by atoms with Crippen LogP contribution in [0.25, 0.3) is 0 Å². The summed E-state index contributed by atoms with van der Waals surface area (Å²) in [5.41, 5.74) is -0.234. The molecule has 0 saturated carbocycles. The van der Waals surface area contributed by atoms with Crippen molar-refractivity contribution in [3.63, 3.8) is 0 Å². The largest absolute Gasteiger partial charge is 0.329 e. The molecule has 1 aliphatic heterocycles. The Morgan fingerprint density at radius 1 is 1.38 bits per heavy atom. The number of hydrogen-bond donors (Lipinski definition) is 1. The van der Waals surface area contributed by atoms with E-state index in [-0.39, 0.29) is 16.8 Å². The van der Waals surface area contributed by atoms with Crippen LogP contribution in [0.5, 0.6) is 0 Å². The van der Waals surface area contributed by atoms with Crippen molar-refractivity contribution in [1.82, 2.24) is 9.55 Å². The van der Waals surface area contributed by atoms with Gasteiger partial charge in [0.25, 0.3) is 5.56 Å². The molecule has 1 aromatic rings. The molecule has 0 atom stereocenters. The van der Waals surface area contributed by atoms with E-state index in [4.69, 9.17) is 11.6 Å². The first-order valence-corrected chi connectivity index (χ1v) is 6.73. The zero-order valence-corrected chi connectivity index (χ0v) is 10.5. The number of halogens is 1. The summed E-state index contributed by atoms with van der Waals surface area (Å²) in [4.78, 5) is 26.2. The summed E-state index contributed by atoms with van der Waals surface area (Å²) < 4.78 is 1.32. The lowest BCUT2D eigenvalue weighted by atomic mass is 10.1. The standard InChI is InChI=1S/C10H13ClN2O2S/c1-6-8(11)12-10(15)13(9(6)14)7-2-4-16-5-3-7/h7H,2-5H2,1H3,(H,12,15). The van der Waals surface area contributed by atoms with Gasteiger partial charge in [0.05, 0.1) is 0 Å². The van der Waals surface area contributed by atoms with Crippen LogP contribution in [0, 0.1) is 6.92 Å². The average molecular weight is 261 g/mol. The van der Waals surface area contributed by atoms with Crippen LogP contribution in [-0.4, -0.2) is 21.1 Å². The molecular weight excluding hydrogens is 248 g/mol. The Kier molecular flexibility index (Phi) is 3.44. The van der Waals surface area contributed by atoms with E-state index in [0.717, 1.165) is 24.3 Å². The van der Waals surface area contributed by atoms with Crippen molar-refractivity contribution in [2.45, 2.75) is 25.8 Å². The second kappa shape index (κ2) is 4.67. The molecule has 2 heterocycles. The van der Waals surface area contributed by atoms with Gasteiger partial charge in [0.15, 0.2) is 0 Å². The molecule has 6 heteroatoms. The Hall–Kier alpha value is -0.680. The molecule has 1 aliphatic rings. The average Bonchev–Trinajstić information content (AvgIpc) is 2.28.